The Morgan fingerprint density at radius 2 is 2.18 bits per heavy atom. The number of ether oxygens (including phenoxy) is 1. The molecular weight excluding hydrogens is 280 g/mol. The second-order valence-corrected chi connectivity index (χ2v) is 6.70. The summed E-state index contributed by atoms with van der Waals surface area (Å²) in [4.78, 5) is 17.1. The van der Waals surface area contributed by atoms with Crippen molar-refractivity contribution in [3.63, 3.8) is 0 Å². The van der Waals surface area contributed by atoms with Crippen molar-refractivity contribution in [2.75, 3.05) is 39.8 Å². The molecule has 3 rings (SSSR count). The predicted molar refractivity (Wildman–Crippen MR) is 83.8 cm³/mol. The lowest BCUT2D eigenvalue weighted by atomic mass is 10.2. The van der Waals surface area contributed by atoms with Gasteiger partial charge >= 0.3 is 0 Å². The van der Waals surface area contributed by atoms with Crippen LogP contribution in [0.1, 0.15) is 29.0 Å². The zero-order valence-corrected chi connectivity index (χ0v) is 13.8. The number of aromatic nitrogens is 2. The molecule has 1 saturated heterocycles. The van der Waals surface area contributed by atoms with Crippen molar-refractivity contribution in [3.05, 3.63) is 17.5 Å². The van der Waals surface area contributed by atoms with Crippen LogP contribution < -0.4 is 0 Å². The molecule has 1 saturated carbocycles. The van der Waals surface area contributed by atoms with Crippen LogP contribution in [0.3, 0.4) is 0 Å². The number of aryl methyl sites for hydroxylation is 2. The van der Waals surface area contributed by atoms with Crippen LogP contribution in [0.5, 0.6) is 0 Å². The van der Waals surface area contributed by atoms with Crippen LogP contribution in [-0.4, -0.2) is 71.4 Å². The Morgan fingerprint density at radius 1 is 1.41 bits per heavy atom. The number of carbonyl (C=O) groups excluding carboxylic acids is 1. The molecule has 0 N–H and O–H groups in total. The summed E-state index contributed by atoms with van der Waals surface area (Å²) in [5.74, 6) is 0.742. The fourth-order valence-corrected chi connectivity index (χ4v) is 3.05. The van der Waals surface area contributed by atoms with Gasteiger partial charge in [0.05, 0.1) is 18.4 Å². The lowest BCUT2D eigenvalue weighted by molar-refractivity contribution is -0.0332. The first-order valence-corrected chi connectivity index (χ1v) is 8.13. The highest BCUT2D eigenvalue weighted by atomic mass is 16.5. The van der Waals surface area contributed by atoms with Gasteiger partial charge < -0.3 is 14.5 Å². The molecule has 0 radical (unpaired) electrons. The molecule has 6 heteroatoms. The molecule has 0 bridgehead atoms. The average molecular weight is 306 g/mol. The van der Waals surface area contributed by atoms with Crippen LogP contribution in [0.4, 0.5) is 0 Å². The normalized spacial score (nSPS) is 22.8. The zero-order chi connectivity index (χ0) is 15.7. The van der Waals surface area contributed by atoms with E-state index in [1.165, 1.54) is 12.8 Å². The second-order valence-electron chi connectivity index (χ2n) is 6.70. The Morgan fingerprint density at radius 3 is 2.77 bits per heavy atom. The van der Waals surface area contributed by atoms with Gasteiger partial charge in [-0.1, -0.05) is 0 Å². The quantitative estimate of drug-likeness (QED) is 0.811. The van der Waals surface area contributed by atoms with Gasteiger partial charge in [0.15, 0.2) is 0 Å². The van der Waals surface area contributed by atoms with Crippen LogP contribution >= 0.6 is 0 Å². The maximum Gasteiger partial charge on any atom is 0.272 e. The number of carbonyl (C=O) groups is 1. The predicted octanol–water partition coefficient (Wildman–Crippen LogP) is 0.911. The maximum absolute atomic E-state index is 12.9. The van der Waals surface area contributed by atoms with E-state index in [-0.39, 0.29) is 12.0 Å². The van der Waals surface area contributed by atoms with E-state index in [0.29, 0.717) is 18.2 Å². The summed E-state index contributed by atoms with van der Waals surface area (Å²) in [5.41, 5.74) is 1.55. The van der Waals surface area contributed by atoms with E-state index < -0.39 is 0 Å². The zero-order valence-electron chi connectivity index (χ0n) is 13.8. The molecular formula is C16H26N4O2. The fourth-order valence-electron chi connectivity index (χ4n) is 3.05. The Balaban J connectivity index is 1.71. The Hall–Kier alpha value is -1.40. The fraction of sp³-hybridized carbons (Fsp3) is 0.750. The molecule has 2 fully saturated rings. The topological polar surface area (TPSA) is 50.6 Å². The standard InChI is InChI=1S/C16H26N4O2/c1-12-8-15(19(3)17-12)16(21)20(9-13-4-5-13)11-14-10-18(2)6-7-22-14/h8,13-14H,4-7,9-11H2,1-3H3/t14-/m0/s1. The lowest BCUT2D eigenvalue weighted by Gasteiger charge is -2.34. The van der Waals surface area contributed by atoms with Crippen molar-refractivity contribution in [3.8, 4) is 0 Å². The number of nitrogens with zero attached hydrogens (tertiary/aromatic N) is 4. The van der Waals surface area contributed by atoms with E-state index in [9.17, 15) is 4.79 Å². The van der Waals surface area contributed by atoms with Gasteiger partial charge in [0.25, 0.3) is 5.91 Å². The Labute approximate surface area is 132 Å². The van der Waals surface area contributed by atoms with Crippen LogP contribution in [-0.2, 0) is 11.8 Å². The summed E-state index contributed by atoms with van der Waals surface area (Å²) in [6.45, 7) is 6.03. The maximum atomic E-state index is 12.9. The minimum absolute atomic E-state index is 0.0758. The van der Waals surface area contributed by atoms with Gasteiger partial charge in [-0.3, -0.25) is 9.48 Å². The lowest BCUT2D eigenvalue weighted by Crippen LogP contribution is -2.48. The van der Waals surface area contributed by atoms with Gasteiger partial charge in [-0.15, -0.1) is 0 Å². The summed E-state index contributed by atoms with van der Waals surface area (Å²) in [6, 6.07) is 1.87. The molecule has 6 nitrogen and oxygen atoms in total. The third-order valence-electron chi connectivity index (χ3n) is 4.45. The third kappa shape index (κ3) is 3.67. The summed E-state index contributed by atoms with van der Waals surface area (Å²) in [6.07, 6.45) is 2.58. The number of likely N-dealkylation sites (N-methyl/N-ethyl adjacent to an activating group) is 1. The van der Waals surface area contributed by atoms with Crippen LogP contribution in [0.2, 0.25) is 0 Å². The second kappa shape index (κ2) is 6.38. The molecule has 0 unspecified atom stereocenters. The highest BCUT2D eigenvalue weighted by Gasteiger charge is 2.31. The van der Waals surface area contributed by atoms with Crippen molar-refractivity contribution >= 4 is 5.91 Å². The van der Waals surface area contributed by atoms with Gasteiger partial charge in [-0.2, -0.15) is 5.10 Å². The molecule has 2 aliphatic rings. The Bertz CT molecular complexity index is 538. The Kier molecular flexibility index (Phi) is 4.49. The molecule has 0 aromatic carbocycles. The van der Waals surface area contributed by atoms with Crippen LogP contribution in [0.25, 0.3) is 0 Å². The van der Waals surface area contributed by atoms with Gasteiger partial charge in [0, 0.05) is 33.2 Å². The average Bonchev–Trinajstić information content (AvgIpc) is 3.21. The number of hydrogen-bond donors (Lipinski definition) is 0. The highest BCUT2D eigenvalue weighted by molar-refractivity contribution is 5.92. The molecule has 1 aromatic heterocycles. The van der Waals surface area contributed by atoms with E-state index in [1.54, 1.807) is 4.68 Å². The van der Waals surface area contributed by atoms with E-state index >= 15 is 0 Å². The molecule has 22 heavy (non-hydrogen) atoms. The molecule has 1 aliphatic heterocycles. The first-order chi connectivity index (χ1) is 10.5. The number of amides is 1. The minimum atomic E-state index is 0.0758. The van der Waals surface area contributed by atoms with Gasteiger partial charge in [0.2, 0.25) is 0 Å². The van der Waals surface area contributed by atoms with Crippen LogP contribution in [0, 0.1) is 12.8 Å². The largest absolute Gasteiger partial charge is 0.374 e. The van der Waals surface area contributed by atoms with Crippen molar-refractivity contribution < 1.29 is 9.53 Å². The molecule has 1 atom stereocenters. The van der Waals surface area contributed by atoms with E-state index in [0.717, 1.165) is 31.9 Å². The first-order valence-electron chi connectivity index (χ1n) is 8.13. The number of morpholine rings is 1. The van der Waals surface area contributed by atoms with E-state index in [2.05, 4.69) is 17.0 Å². The van der Waals surface area contributed by atoms with Gasteiger partial charge in [0.1, 0.15) is 5.69 Å². The van der Waals surface area contributed by atoms with Crippen molar-refractivity contribution in [2.24, 2.45) is 13.0 Å². The summed E-state index contributed by atoms with van der Waals surface area (Å²) >= 11 is 0. The minimum Gasteiger partial charge on any atom is -0.374 e. The smallest absolute Gasteiger partial charge is 0.272 e. The third-order valence-corrected chi connectivity index (χ3v) is 4.45. The monoisotopic (exact) mass is 306 g/mol. The highest BCUT2D eigenvalue weighted by Crippen LogP contribution is 2.30. The van der Waals surface area contributed by atoms with Crippen molar-refractivity contribution in [1.29, 1.82) is 0 Å². The number of rotatable bonds is 5. The van der Waals surface area contributed by atoms with E-state index in [1.807, 2.05) is 24.9 Å². The van der Waals surface area contributed by atoms with E-state index in [4.69, 9.17) is 4.74 Å². The van der Waals surface area contributed by atoms with Crippen molar-refractivity contribution in [1.82, 2.24) is 19.6 Å². The molecule has 122 valence electrons. The van der Waals surface area contributed by atoms with Crippen LogP contribution in [0.15, 0.2) is 6.07 Å². The summed E-state index contributed by atoms with van der Waals surface area (Å²) in [7, 11) is 3.94. The molecule has 0 spiro atoms. The molecule has 2 heterocycles. The van der Waals surface area contributed by atoms with Crippen molar-refractivity contribution in [2.45, 2.75) is 25.9 Å². The first kappa shape index (κ1) is 15.5. The summed E-state index contributed by atoms with van der Waals surface area (Å²) in [5, 5.41) is 4.30. The van der Waals surface area contributed by atoms with Gasteiger partial charge in [-0.25, -0.2) is 0 Å². The van der Waals surface area contributed by atoms with Gasteiger partial charge in [-0.05, 0) is 38.8 Å². The summed E-state index contributed by atoms with van der Waals surface area (Å²) < 4.78 is 7.53. The molecule has 1 aromatic rings. The molecule has 1 amide bonds. The SMILES string of the molecule is Cc1cc(C(=O)N(CC2CC2)C[C@@H]2CN(C)CCO2)n(C)n1. The number of hydrogen-bond acceptors (Lipinski definition) is 4. The molecule has 1 aliphatic carbocycles.